The largest absolute Gasteiger partial charge is 0.344 e. The minimum Gasteiger partial charge on any atom is -0.344 e. The van der Waals surface area contributed by atoms with Crippen molar-refractivity contribution in [1.82, 2.24) is 21.3 Å². The third-order valence-electron chi connectivity index (χ3n) is 7.22. The lowest BCUT2D eigenvalue weighted by molar-refractivity contribution is -0.132. The Kier molecular flexibility index (Phi) is 8.31. The van der Waals surface area contributed by atoms with Crippen LogP contribution in [0.4, 0.5) is 0 Å². The van der Waals surface area contributed by atoms with Crippen LogP contribution in [0.25, 0.3) is 20.9 Å². The molecule has 4 aromatic rings. The lowest BCUT2D eigenvalue weighted by atomic mass is 9.96. The molecule has 1 aromatic heterocycles. The van der Waals surface area contributed by atoms with Gasteiger partial charge in [-0.15, -0.1) is 11.3 Å². The molecule has 0 spiro atoms. The second-order valence-electron chi connectivity index (χ2n) is 9.73. The molecule has 8 heteroatoms. The van der Waals surface area contributed by atoms with Crippen molar-refractivity contribution in [3.63, 3.8) is 0 Å². The first-order valence-electron chi connectivity index (χ1n) is 13.1. The molecule has 0 aliphatic carbocycles. The van der Waals surface area contributed by atoms with Crippen molar-refractivity contribution in [2.75, 3.05) is 13.1 Å². The molecule has 1 unspecified atom stereocenters. The van der Waals surface area contributed by atoms with Crippen LogP contribution in [0.2, 0.25) is 0 Å². The van der Waals surface area contributed by atoms with E-state index in [1.165, 1.54) is 0 Å². The van der Waals surface area contributed by atoms with Crippen molar-refractivity contribution in [3.05, 3.63) is 83.2 Å². The van der Waals surface area contributed by atoms with Crippen molar-refractivity contribution in [2.45, 2.75) is 37.9 Å². The number of fused-ring (bicyclic) bond motifs is 2. The summed E-state index contributed by atoms with van der Waals surface area (Å²) in [7, 11) is 0. The smallest absolute Gasteiger partial charge is 0.244 e. The molecule has 38 heavy (non-hydrogen) atoms. The first-order chi connectivity index (χ1) is 18.6. The van der Waals surface area contributed by atoms with Crippen molar-refractivity contribution in [1.29, 1.82) is 0 Å². The van der Waals surface area contributed by atoms with Gasteiger partial charge in [-0.2, -0.15) is 0 Å². The molecule has 196 valence electrons. The van der Waals surface area contributed by atoms with Gasteiger partial charge in [0.05, 0.1) is 0 Å². The predicted molar refractivity (Wildman–Crippen MR) is 152 cm³/mol. The minimum atomic E-state index is -0.765. The summed E-state index contributed by atoms with van der Waals surface area (Å²) in [5.41, 5.74) is 2.03. The van der Waals surface area contributed by atoms with Crippen molar-refractivity contribution < 1.29 is 14.4 Å². The van der Waals surface area contributed by atoms with Crippen LogP contribution in [-0.4, -0.2) is 43.5 Å². The Labute approximate surface area is 226 Å². The maximum Gasteiger partial charge on any atom is 0.244 e. The van der Waals surface area contributed by atoms with Crippen LogP contribution in [0, 0.1) is 5.92 Å². The van der Waals surface area contributed by atoms with Gasteiger partial charge >= 0.3 is 0 Å². The van der Waals surface area contributed by atoms with E-state index in [9.17, 15) is 14.4 Å². The maximum atomic E-state index is 13.7. The van der Waals surface area contributed by atoms with E-state index in [-0.39, 0.29) is 17.7 Å². The fourth-order valence-electron chi connectivity index (χ4n) is 5.19. The summed E-state index contributed by atoms with van der Waals surface area (Å²) >= 11 is 1.63. The van der Waals surface area contributed by atoms with Gasteiger partial charge < -0.3 is 21.3 Å². The van der Waals surface area contributed by atoms with E-state index < -0.39 is 12.2 Å². The predicted octanol–water partition coefficient (Wildman–Crippen LogP) is 3.51. The van der Waals surface area contributed by atoms with Crippen LogP contribution in [0.3, 0.4) is 0 Å². The highest BCUT2D eigenvalue weighted by Crippen LogP contribution is 2.27. The molecule has 2 heterocycles. The molecule has 1 fully saturated rings. The Morgan fingerprint density at radius 1 is 0.895 bits per heavy atom. The molecule has 1 aliphatic heterocycles. The van der Waals surface area contributed by atoms with Gasteiger partial charge in [-0.3, -0.25) is 14.4 Å². The molecule has 4 N–H and O–H groups in total. The first kappa shape index (κ1) is 25.9. The summed E-state index contributed by atoms with van der Waals surface area (Å²) in [6, 6.07) is 21.4. The number of hydrogen-bond donors (Lipinski definition) is 4. The summed E-state index contributed by atoms with van der Waals surface area (Å²) < 4.78 is 1.14. The SMILES string of the molecule is O=CNC(Cc1cccc2ccccc12)NC(=O)[C@@H](Cc1csc2ccccc12)NC(=O)C1CCNCC1. The lowest BCUT2D eigenvalue weighted by Gasteiger charge is -2.27. The lowest BCUT2D eigenvalue weighted by Crippen LogP contribution is -2.55. The van der Waals surface area contributed by atoms with E-state index in [2.05, 4.69) is 32.7 Å². The van der Waals surface area contributed by atoms with Gasteiger partial charge in [0.2, 0.25) is 18.2 Å². The molecule has 0 saturated carbocycles. The Bertz CT molecular complexity index is 1420. The summed E-state index contributed by atoms with van der Waals surface area (Å²) in [4.78, 5) is 38.3. The summed E-state index contributed by atoms with van der Waals surface area (Å²) in [6.07, 6.45) is 2.26. The normalized spacial score (nSPS) is 15.6. The summed E-state index contributed by atoms with van der Waals surface area (Å²) in [6.45, 7) is 1.58. The van der Waals surface area contributed by atoms with Crippen LogP contribution < -0.4 is 21.3 Å². The third-order valence-corrected chi connectivity index (χ3v) is 8.23. The first-order valence-corrected chi connectivity index (χ1v) is 13.9. The van der Waals surface area contributed by atoms with E-state index in [1.54, 1.807) is 11.3 Å². The number of thiophene rings is 1. The van der Waals surface area contributed by atoms with E-state index in [1.807, 2.05) is 60.7 Å². The quantitative estimate of drug-likeness (QED) is 0.187. The summed E-state index contributed by atoms with van der Waals surface area (Å²) in [5.74, 6) is -0.535. The van der Waals surface area contributed by atoms with Gasteiger partial charge in [-0.1, -0.05) is 60.7 Å². The monoisotopic (exact) mass is 528 g/mol. The van der Waals surface area contributed by atoms with Gasteiger partial charge in [-0.05, 0) is 64.7 Å². The van der Waals surface area contributed by atoms with Gasteiger partial charge in [-0.25, -0.2) is 0 Å². The molecular weight excluding hydrogens is 496 g/mol. The third kappa shape index (κ3) is 6.03. The van der Waals surface area contributed by atoms with Gasteiger partial charge in [0, 0.05) is 23.5 Å². The molecule has 7 nitrogen and oxygen atoms in total. The molecule has 0 bridgehead atoms. The number of carbonyl (C=O) groups excluding carboxylic acids is 3. The van der Waals surface area contributed by atoms with Gasteiger partial charge in [0.15, 0.2) is 0 Å². The number of piperidine rings is 1. The fraction of sp³-hybridized carbons (Fsp3) is 0.300. The molecule has 1 saturated heterocycles. The Balaban J connectivity index is 1.37. The topological polar surface area (TPSA) is 99.3 Å². The molecule has 1 aliphatic rings. The Morgan fingerprint density at radius 2 is 1.63 bits per heavy atom. The second kappa shape index (κ2) is 12.2. The van der Waals surface area contributed by atoms with Crippen molar-refractivity contribution >= 4 is 50.4 Å². The molecule has 3 amide bonds. The van der Waals surface area contributed by atoms with E-state index in [4.69, 9.17) is 0 Å². The zero-order valence-electron chi connectivity index (χ0n) is 21.1. The number of carbonyl (C=O) groups is 3. The van der Waals surface area contributed by atoms with Crippen LogP contribution >= 0.6 is 11.3 Å². The number of nitrogens with one attached hydrogen (secondary N) is 4. The van der Waals surface area contributed by atoms with Crippen molar-refractivity contribution in [2.24, 2.45) is 5.92 Å². The number of benzene rings is 3. The highest BCUT2D eigenvalue weighted by atomic mass is 32.1. The fourth-order valence-corrected chi connectivity index (χ4v) is 6.17. The molecular formula is C30H32N4O3S. The Morgan fingerprint density at radius 3 is 2.45 bits per heavy atom. The van der Waals surface area contributed by atoms with Crippen LogP contribution in [-0.2, 0) is 27.2 Å². The molecule has 5 rings (SSSR count). The standard InChI is InChI=1S/C30H32N4O3S/c35-19-32-28(17-22-8-5-7-20-6-1-2-9-24(20)22)34-30(37)26(33-29(36)21-12-14-31-15-13-21)16-23-18-38-27-11-4-3-10-25(23)27/h1-11,18-19,21,26,28,31H,12-17H2,(H,32,35)(H,33,36)(H,34,37)/t26-,28?/m1/s1. The van der Waals surface area contributed by atoms with Crippen LogP contribution in [0.5, 0.6) is 0 Å². The number of hydrogen-bond acceptors (Lipinski definition) is 5. The molecule has 0 radical (unpaired) electrons. The van der Waals surface area contributed by atoms with Crippen molar-refractivity contribution in [3.8, 4) is 0 Å². The second-order valence-corrected chi connectivity index (χ2v) is 10.6. The summed E-state index contributed by atoms with van der Waals surface area (Å²) in [5, 5.41) is 17.4. The highest BCUT2D eigenvalue weighted by molar-refractivity contribution is 7.17. The average Bonchev–Trinajstić information content (AvgIpc) is 3.36. The average molecular weight is 529 g/mol. The van der Waals surface area contributed by atoms with E-state index >= 15 is 0 Å². The zero-order valence-corrected chi connectivity index (χ0v) is 21.9. The molecule has 2 atom stereocenters. The van der Waals surface area contributed by atoms with Gasteiger partial charge in [0.1, 0.15) is 12.2 Å². The minimum absolute atomic E-state index is 0.0971. The van der Waals surface area contributed by atoms with Gasteiger partial charge in [0.25, 0.3) is 0 Å². The van der Waals surface area contributed by atoms with E-state index in [0.717, 1.165) is 57.9 Å². The maximum absolute atomic E-state index is 13.7. The Hall–Kier alpha value is -3.75. The molecule has 3 aromatic carbocycles. The van der Waals surface area contributed by atoms with E-state index in [0.29, 0.717) is 19.3 Å². The van der Waals surface area contributed by atoms with Crippen LogP contribution in [0.1, 0.15) is 24.0 Å². The number of rotatable bonds is 10. The van der Waals surface area contributed by atoms with Crippen LogP contribution in [0.15, 0.2) is 72.1 Å². The number of amides is 3. The highest BCUT2D eigenvalue weighted by Gasteiger charge is 2.29. The zero-order chi connectivity index (χ0) is 26.3.